The van der Waals surface area contributed by atoms with E-state index in [0.29, 0.717) is 22.5 Å². The van der Waals surface area contributed by atoms with Gasteiger partial charge in [-0.25, -0.2) is 8.42 Å². The SMILES string of the molecule is CCS(=O)(=O)Nc1ccc(C(=O)Nc2ccccc2C(=O)N2CCCCC2)cc1. The van der Waals surface area contributed by atoms with Gasteiger partial charge in [-0.05, 0) is 62.6 Å². The minimum absolute atomic E-state index is 0.0307. The van der Waals surface area contributed by atoms with Crippen molar-refractivity contribution in [1.82, 2.24) is 4.90 Å². The second-order valence-electron chi connectivity index (χ2n) is 6.94. The van der Waals surface area contributed by atoms with E-state index in [2.05, 4.69) is 10.0 Å². The van der Waals surface area contributed by atoms with Crippen molar-refractivity contribution in [3.05, 3.63) is 59.7 Å². The third kappa shape index (κ3) is 5.35. The highest BCUT2D eigenvalue weighted by molar-refractivity contribution is 7.92. The summed E-state index contributed by atoms with van der Waals surface area (Å²) in [6, 6.07) is 13.1. The molecule has 0 atom stereocenters. The topological polar surface area (TPSA) is 95.6 Å². The predicted molar refractivity (Wildman–Crippen MR) is 114 cm³/mol. The first-order valence-corrected chi connectivity index (χ1v) is 11.3. The van der Waals surface area contributed by atoms with Crippen LogP contribution < -0.4 is 10.0 Å². The Bertz CT molecular complexity index is 981. The number of sulfonamides is 1. The van der Waals surface area contributed by atoms with Gasteiger partial charge in [-0.15, -0.1) is 0 Å². The van der Waals surface area contributed by atoms with Gasteiger partial charge in [0, 0.05) is 24.3 Å². The molecule has 1 aliphatic heterocycles. The first-order chi connectivity index (χ1) is 13.9. The van der Waals surface area contributed by atoms with E-state index in [4.69, 9.17) is 0 Å². The summed E-state index contributed by atoms with van der Waals surface area (Å²) >= 11 is 0. The first-order valence-electron chi connectivity index (χ1n) is 9.70. The van der Waals surface area contributed by atoms with Crippen molar-refractivity contribution in [3.63, 3.8) is 0 Å². The van der Waals surface area contributed by atoms with E-state index in [1.165, 1.54) is 24.3 Å². The standard InChI is InChI=1S/C21H25N3O4S/c1-2-29(27,28)23-17-12-10-16(11-13-17)20(25)22-19-9-5-4-8-18(19)21(26)24-14-6-3-7-15-24/h4-5,8-13,23H,2-3,6-7,14-15H2,1H3,(H,22,25). The minimum Gasteiger partial charge on any atom is -0.339 e. The monoisotopic (exact) mass is 415 g/mol. The molecule has 2 aromatic carbocycles. The van der Waals surface area contributed by atoms with Crippen molar-refractivity contribution in [2.45, 2.75) is 26.2 Å². The summed E-state index contributed by atoms with van der Waals surface area (Å²) in [7, 11) is -3.37. The Balaban J connectivity index is 1.73. The number of piperidine rings is 1. The molecule has 0 bridgehead atoms. The van der Waals surface area contributed by atoms with Gasteiger partial charge in [0.05, 0.1) is 17.0 Å². The zero-order valence-corrected chi connectivity index (χ0v) is 17.2. The number of hydrogen-bond acceptors (Lipinski definition) is 4. The highest BCUT2D eigenvalue weighted by Gasteiger charge is 2.21. The molecule has 0 aromatic heterocycles. The third-order valence-corrected chi connectivity index (χ3v) is 6.16. The molecule has 154 valence electrons. The maximum absolute atomic E-state index is 12.9. The van der Waals surface area contributed by atoms with Crippen LogP contribution in [0.5, 0.6) is 0 Å². The summed E-state index contributed by atoms with van der Waals surface area (Å²) in [5, 5.41) is 2.80. The Labute approximate surface area is 171 Å². The molecule has 0 aliphatic carbocycles. The van der Waals surface area contributed by atoms with Crippen molar-refractivity contribution in [2.75, 3.05) is 28.9 Å². The summed E-state index contributed by atoms with van der Waals surface area (Å²) < 4.78 is 25.7. The lowest BCUT2D eigenvalue weighted by Crippen LogP contribution is -2.36. The number of benzene rings is 2. The largest absolute Gasteiger partial charge is 0.339 e. The molecule has 7 nitrogen and oxygen atoms in total. The first kappa shape index (κ1) is 20.9. The molecule has 0 saturated carbocycles. The fraction of sp³-hybridized carbons (Fsp3) is 0.333. The third-order valence-electron chi connectivity index (χ3n) is 4.85. The molecular formula is C21H25N3O4S. The Morgan fingerprint density at radius 3 is 2.28 bits per heavy atom. The Morgan fingerprint density at radius 2 is 1.62 bits per heavy atom. The number of hydrogen-bond donors (Lipinski definition) is 2. The minimum atomic E-state index is -3.37. The summed E-state index contributed by atoms with van der Waals surface area (Å²) in [5.74, 6) is -0.476. The quantitative estimate of drug-likeness (QED) is 0.756. The van der Waals surface area contributed by atoms with E-state index < -0.39 is 10.0 Å². The normalized spacial score (nSPS) is 14.3. The Hall–Kier alpha value is -2.87. The predicted octanol–water partition coefficient (Wildman–Crippen LogP) is 3.33. The average molecular weight is 416 g/mol. The van der Waals surface area contributed by atoms with Crippen LogP contribution in [0.3, 0.4) is 0 Å². The van der Waals surface area contributed by atoms with Crippen LogP contribution in [0.15, 0.2) is 48.5 Å². The number of anilines is 2. The van der Waals surface area contributed by atoms with E-state index >= 15 is 0 Å². The van der Waals surface area contributed by atoms with E-state index in [1.54, 1.807) is 31.2 Å². The molecule has 0 unspecified atom stereocenters. The zero-order chi connectivity index (χ0) is 20.9. The molecule has 1 aliphatic rings. The maximum Gasteiger partial charge on any atom is 0.255 e. The molecule has 3 rings (SSSR count). The summed E-state index contributed by atoms with van der Waals surface area (Å²) in [6.07, 6.45) is 3.12. The van der Waals surface area contributed by atoms with Crippen LogP contribution in [0.25, 0.3) is 0 Å². The van der Waals surface area contributed by atoms with Gasteiger partial charge in [0.1, 0.15) is 0 Å². The molecule has 2 amide bonds. The molecule has 1 saturated heterocycles. The smallest absolute Gasteiger partial charge is 0.255 e. The highest BCUT2D eigenvalue weighted by Crippen LogP contribution is 2.21. The van der Waals surface area contributed by atoms with E-state index in [9.17, 15) is 18.0 Å². The van der Waals surface area contributed by atoms with E-state index in [1.807, 2.05) is 4.90 Å². The van der Waals surface area contributed by atoms with Gasteiger partial charge in [-0.2, -0.15) is 0 Å². The number of nitrogens with zero attached hydrogens (tertiary/aromatic N) is 1. The van der Waals surface area contributed by atoms with Crippen LogP contribution in [-0.2, 0) is 10.0 Å². The van der Waals surface area contributed by atoms with Crippen molar-refractivity contribution < 1.29 is 18.0 Å². The molecule has 0 radical (unpaired) electrons. The molecule has 1 heterocycles. The van der Waals surface area contributed by atoms with Crippen molar-refractivity contribution >= 4 is 33.2 Å². The van der Waals surface area contributed by atoms with Crippen LogP contribution in [0.2, 0.25) is 0 Å². The lowest BCUT2D eigenvalue weighted by Gasteiger charge is -2.27. The molecule has 8 heteroatoms. The van der Waals surface area contributed by atoms with Gasteiger partial charge >= 0.3 is 0 Å². The van der Waals surface area contributed by atoms with Gasteiger partial charge in [0.15, 0.2) is 0 Å². The second kappa shape index (κ2) is 9.09. The molecule has 2 aromatic rings. The Kier molecular flexibility index (Phi) is 6.53. The molecule has 29 heavy (non-hydrogen) atoms. The number of rotatable bonds is 6. The number of para-hydroxylation sites is 1. The van der Waals surface area contributed by atoms with Gasteiger partial charge in [0.2, 0.25) is 10.0 Å². The summed E-state index contributed by atoms with van der Waals surface area (Å²) in [4.78, 5) is 27.3. The van der Waals surface area contributed by atoms with Crippen LogP contribution in [0.1, 0.15) is 46.9 Å². The number of amides is 2. The van der Waals surface area contributed by atoms with Gasteiger partial charge in [-0.1, -0.05) is 12.1 Å². The fourth-order valence-electron chi connectivity index (χ4n) is 3.18. The van der Waals surface area contributed by atoms with E-state index in [-0.39, 0.29) is 17.6 Å². The number of likely N-dealkylation sites (tertiary alicyclic amines) is 1. The van der Waals surface area contributed by atoms with Crippen molar-refractivity contribution in [2.24, 2.45) is 0 Å². The van der Waals surface area contributed by atoms with Crippen LogP contribution in [0, 0.1) is 0 Å². The average Bonchev–Trinajstić information content (AvgIpc) is 2.74. The fourth-order valence-corrected chi connectivity index (χ4v) is 3.82. The number of carbonyl (C=O) groups is 2. The lowest BCUT2D eigenvalue weighted by molar-refractivity contribution is 0.0725. The lowest BCUT2D eigenvalue weighted by atomic mass is 10.1. The summed E-state index contributed by atoms with van der Waals surface area (Å²) in [6.45, 7) is 3.01. The number of carbonyl (C=O) groups excluding carboxylic acids is 2. The molecule has 1 fully saturated rings. The maximum atomic E-state index is 12.9. The summed E-state index contributed by atoms with van der Waals surface area (Å²) in [5.41, 5.74) is 1.69. The van der Waals surface area contributed by atoms with Crippen LogP contribution >= 0.6 is 0 Å². The number of nitrogens with one attached hydrogen (secondary N) is 2. The molecule has 2 N–H and O–H groups in total. The molecule has 0 spiro atoms. The van der Waals surface area contributed by atoms with Gasteiger partial charge in [-0.3, -0.25) is 14.3 Å². The van der Waals surface area contributed by atoms with Crippen LogP contribution in [-0.4, -0.2) is 44.0 Å². The second-order valence-corrected chi connectivity index (χ2v) is 8.95. The van der Waals surface area contributed by atoms with Gasteiger partial charge in [0.25, 0.3) is 11.8 Å². The van der Waals surface area contributed by atoms with E-state index in [0.717, 1.165) is 32.4 Å². The van der Waals surface area contributed by atoms with Crippen LogP contribution in [0.4, 0.5) is 11.4 Å². The zero-order valence-electron chi connectivity index (χ0n) is 16.3. The molecular weight excluding hydrogens is 390 g/mol. The Morgan fingerprint density at radius 1 is 0.966 bits per heavy atom. The van der Waals surface area contributed by atoms with Gasteiger partial charge < -0.3 is 10.2 Å². The van der Waals surface area contributed by atoms with Crippen molar-refractivity contribution in [3.8, 4) is 0 Å². The van der Waals surface area contributed by atoms with Crippen molar-refractivity contribution in [1.29, 1.82) is 0 Å². The highest BCUT2D eigenvalue weighted by atomic mass is 32.2.